The number of nitrogens with zero attached hydrogens (tertiary/aromatic N) is 1. The summed E-state index contributed by atoms with van der Waals surface area (Å²) >= 11 is 3.13. The van der Waals surface area contributed by atoms with Gasteiger partial charge in [0.1, 0.15) is 5.82 Å². The number of benzene rings is 2. The first-order valence-corrected chi connectivity index (χ1v) is 7.80. The Morgan fingerprint density at radius 3 is 2.48 bits per heavy atom. The van der Waals surface area contributed by atoms with Crippen LogP contribution in [0.25, 0.3) is 10.8 Å². The highest BCUT2D eigenvalue weighted by molar-refractivity contribution is 9.10. The van der Waals surface area contributed by atoms with E-state index < -0.39 is 23.2 Å². The summed E-state index contributed by atoms with van der Waals surface area (Å²) in [6.07, 6.45) is 0. The summed E-state index contributed by atoms with van der Waals surface area (Å²) in [6.45, 7) is 0. The van der Waals surface area contributed by atoms with Gasteiger partial charge in [0, 0.05) is 9.86 Å². The highest BCUT2D eigenvalue weighted by Gasteiger charge is 2.16. The molecule has 0 spiro atoms. The second-order valence-corrected chi connectivity index (χ2v) is 5.83. The molecule has 0 fully saturated rings. The molecule has 2 amide bonds. The molecule has 0 aliphatic heterocycles. The van der Waals surface area contributed by atoms with E-state index in [1.165, 1.54) is 12.1 Å². The molecule has 0 atom stereocenters. The molecule has 9 heteroatoms. The number of H-pyrrole nitrogens is 1. The number of carbonyl (C=O) groups is 2. The van der Waals surface area contributed by atoms with Crippen molar-refractivity contribution in [3.8, 4) is 0 Å². The molecule has 3 N–H and O–H groups in total. The summed E-state index contributed by atoms with van der Waals surface area (Å²) in [5, 5.41) is 6.57. The van der Waals surface area contributed by atoms with Gasteiger partial charge in [-0.2, -0.15) is 5.10 Å². The van der Waals surface area contributed by atoms with Gasteiger partial charge in [-0.05, 0) is 40.2 Å². The van der Waals surface area contributed by atoms with Gasteiger partial charge in [0.2, 0.25) is 0 Å². The van der Waals surface area contributed by atoms with E-state index in [2.05, 4.69) is 37.0 Å². The van der Waals surface area contributed by atoms with Crippen LogP contribution in [0.3, 0.4) is 0 Å². The van der Waals surface area contributed by atoms with E-state index in [9.17, 15) is 18.8 Å². The van der Waals surface area contributed by atoms with E-state index in [1.54, 1.807) is 24.3 Å². The van der Waals surface area contributed by atoms with Crippen LogP contribution < -0.4 is 16.4 Å². The molecule has 2 aromatic carbocycles. The molecule has 0 aliphatic rings. The zero-order valence-corrected chi connectivity index (χ0v) is 14.1. The van der Waals surface area contributed by atoms with Crippen LogP contribution in [0.5, 0.6) is 0 Å². The van der Waals surface area contributed by atoms with E-state index in [-0.39, 0.29) is 11.3 Å². The van der Waals surface area contributed by atoms with Crippen LogP contribution in [0, 0.1) is 5.82 Å². The number of hydrogen-bond donors (Lipinski definition) is 3. The minimum Gasteiger partial charge on any atom is -0.267 e. The molecule has 7 nitrogen and oxygen atoms in total. The van der Waals surface area contributed by atoms with Crippen LogP contribution in [0.1, 0.15) is 20.8 Å². The van der Waals surface area contributed by atoms with Crippen LogP contribution >= 0.6 is 15.9 Å². The number of carbonyl (C=O) groups excluding carboxylic acids is 2. The molecule has 126 valence electrons. The number of amides is 2. The molecule has 0 saturated heterocycles. The van der Waals surface area contributed by atoms with E-state index in [1.807, 2.05) is 0 Å². The number of fused-ring (bicyclic) bond motifs is 1. The predicted molar refractivity (Wildman–Crippen MR) is 91.4 cm³/mol. The Hall–Kier alpha value is -3.07. The number of halogens is 2. The Balaban J connectivity index is 1.82. The summed E-state index contributed by atoms with van der Waals surface area (Å²) in [5.74, 6) is -2.03. The molecule has 0 aliphatic carbocycles. The number of hydrogen-bond acceptors (Lipinski definition) is 4. The van der Waals surface area contributed by atoms with Gasteiger partial charge in [0.15, 0.2) is 5.69 Å². The first-order valence-electron chi connectivity index (χ1n) is 7.00. The van der Waals surface area contributed by atoms with Crippen molar-refractivity contribution in [1.82, 2.24) is 21.0 Å². The lowest BCUT2D eigenvalue weighted by atomic mass is 10.1. The Bertz CT molecular complexity index is 1050. The summed E-state index contributed by atoms with van der Waals surface area (Å²) in [6, 6.07) is 10.0. The Morgan fingerprint density at radius 1 is 1.04 bits per heavy atom. The van der Waals surface area contributed by atoms with Crippen LogP contribution in [-0.2, 0) is 0 Å². The molecular formula is C16H10BrFN4O3. The zero-order chi connectivity index (χ0) is 18.0. The van der Waals surface area contributed by atoms with Crippen molar-refractivity contribution < 1.29 is 14.0 Å². The van der Waals surface area contributed by atoms with Gasteiger partial charge in [0.05, 0.1) is 10.9 Å². The Morgan fingerprint density at radius 2 is 1.72 bits per heavy atom. The molecule has 0 bridgehead atoms. The summed E-state index contributed by atoms with van der Waals surface area (Å²) in [4.78, 5) is 36.0. The van der Waals surface area contributed by atoms with Crippen molar-refractivity contribution in [1.29, 1.82) is 0 Å². The Kier molecular flexibility index (Phi) is 4.57. The molecule has 0 radical (unpaired) electrons. The molecule has 3 aromatic rings. The maximum Gasteiger partial charge on any atom is 0.290 e. The maximum atomic E-state index is 13.3. The molecule has 0 unspecified atom stereocenters. The third-order valence-electron chi connectivity index (χ3n) is 3.37. The third kappa shape index (κ3) is 3.41. The minimum atomic E-state index is -0.728. The molecule has 3 rings (SSSR count). The van der Waals surface area contributed by atoms with Gasteiger partial charge in [-0.1, -0.05) is 18.2 Å². The van der Waals surface area contributed by atoms with Gasteiger partial charge in [-0.15, -0.1) is 0 Å². The van der Waals surface area contributed by atoms with Gasteiger partial charge in [0.25, 0.3) is 17.4 Å². The van der Waals surface area contributed by atoms with E-state index >= 15 is 0 Å². The first kappa shape index (κ1) is 16.8. The molecule has 1 heterocycles. The van der Waals surface area contributed by atoms with E-state index in [0.717, 1.165) is 6.07 Å². The molecular weight excluding hydrogens is 395 g/mol. The van der Waals surface area contributed by atoms with E-state index in [0.29, 0.717) is 15.2 Å². The lowest BCUT2D eigenvalue weighted by molar-refractivity contribution is 0.0843. The standard InChI is InChI=1S/C16H10BrFN4O3/c17-12-6-5-8(18)7-11(12)15(24)21-22-16(25)13-9-3-1-2-4-10(9)14(23)20-19-13/h1-7H,(H,20,23)(H,21,24)(H,22,25). The third-order valence-corrected chi connectivity index (χ3v) is 4.07. The van der Waals surface area contributed by atoms with Crippen molar-refractivity contribution in [2.45, 2.75) is 0 Å². The smallest absolute Gasteiger partial charge is 0.267 e. The quantitative estimate of drug-likeness (QED) is 0.567. The molecule has 25 heavy (non-hydrogen) atoms. The van der Waals surface area contributed by atoms with E-state index in [4.69, 9.17) is 0 Å². The van der Waals surface area contributed by atoms with Crippen LogP contribution in [0.2, 0.25) is 0 Å². The van der Waals surface area contributed by atoms with Crippen molar-refractivity contribution >= 4 is 38.5 Å². The van der Waals surface area contributed by atoms with Crippen molar-refractivity contribution in [2.75, 3.05) is 0 Å². The number of rotatable bonds is 2. The summed E-state index contributed by atoms with van der Waals surface area (Å²) < 4.78 is 13.6. The number of nitrogens with one attached hydrogen (secondary N) is 3. The monoisotopic (exact) mass is 404 g/mol. The first-order chi connectivity index (χ1) is 12.0. The molecule has 0 saturated carbocycles. The van der Waals surface area contributed by atoms with Crippen molar-refractivity contribution in [3.63, 3.8) is 0 Å². The topological polar surface area (TPSA) is 104 Å². The average Bonchev–Trinajstić information content (AvgIpc) is 2.62. The highest BCUT2D eigenvalue weighted by Crippen LogP contribution is 2.17. The summed E-state index contributed by atoms with van der Waals surface area (Å²) in [7, 11) is 0. The predicted octanol–water partition coefficient (Wildman–Crippen LogP) is 1.90. The maximum absolute atomic E-state index is 13.3. The van der Waals surface area contributed by atoms with Crippen LogP contribution in [0.15, 0.2) is 51.7 Å². The Labute approximate surface area is 148 Å². The number of hydrazine groups is 1. The molecule has 1 aromatic heterocycles. The normalized spacial score (nSPS) is 10.5. The zero-order valence-electron chi connectivity index (χ0n) is 12.5. The van der Waals surface area contributed by atoms with Crippen molar-refractivity contribution in [3.05, 3.63) is 74.4 Å². The number of aromatic nitrogens is 2. The fourth-order valence-electron chi connectivity index (χ4n) is 2.20. The van der Waals surface area contributed by atoms with Gasteiger partial charge in [-0.3, -0.25) is 25.2 Å². The van der Waals surface area contributed by atoms with Crippen LogP contribution in [0.4, 0.5) is 4.39 Å². The number of aromatic amines is 1. The fourth-order valence-corrected chi connectivity index (χ4v) is 2.63. The van der Waals surface area contributed by atoms with Gasteiger partial charge < -0.3 is 0 Å². The SMILES string of the molecule is O=C(NNC(=O)c1n[nH]c(=O)c2ccccc12)c1cc(F)ccc1Br. The highest BCUT2D eigenvalue weighted by atomic mass is 79.9. The average molecular weight is 405 g/mol. The van der Waals surface area contributed by atoms with Gasteiger partial charge >= 0.3 is 0 Å². The summed E-state index contributed by atoms with van der Waals surface area (Å²) in [5.41, 5.74) is 3.89. The lowest BCUT2D eigenvalue weighted by Crippen LogP contribution is -2.42. The largest absolute Gasteiger partial charge is 0.290 e. The van der Waals surface area contributed by atoms with Crippen LogP contribution in [-0.4, -0.2) is 22.0 Å². The second-order valence-electron chi connectivity index (χ2n) is 4.98. The minimum absolute atomic E-state index is 0.0135. The van der Waals surface area contributed by atoms with Gasteiger partial charge in [-0.25, -0.2) is 9.49 Å². The van der Waals surface area contributed by atoms with Crippen molar-refractivity contribution in [2.24, 2.45) is 0 Å². The fraction of sp³-hybridized carbons (Fsp3) is 0. The lowest BCUT2D eigenvalue weighted by Gasteiger charge is -2.09. The second kappa shape index (κ2) is 6.81.